The average Bonchev–Trinajstić information content (AvgIpc) is 2.55. The Hall–Kier alpha value is -0.693. The number of sulfonamides is 1. The summed E-state index contributed by atoms with van der Waals surface area (Å²) in [5, 5.41) is 0.119. The molecule has 1 saturated heterocycles. The van der Waals surface area contributed by atoms with Gasteiger partial charge in [-0.3, -0.25) is 0 Å². The predicted molar refractivity (Wildman–Crippen MR) is 115 cm³/mol. The maximum Gasteiger partial charge on any atom is 0.243 e. The van der Waals surface area contributed by atoms with Gasteiger partial charge in [0.1, 0.15) is 0 Å². The van der Waals surface area contributed by atoms with Gasteiger partial charge >= 0.3 is 0 Å². The summed E-state index contributed by atoms with van der Waals surface area (Å²) in [5.41, 5.74) is 1.07. The molecule has 154 valence electrons. The molecule has 1 aromatic carbocycles. The van der Waals surface area contributed by atoms with E-state index in [9.17, 15) is 8.42 Å². The third-order valence-electron chi connectivity index (χ3n) is 6.13. The summed E-state index contributed by atoms with van der Waals surface area (Å²) in [6, 6.07) is 7.27. The van der Waals surface area contributed by atoms with Crippen LogP contribution >= 0.6 is 0 Å². The van der Waals surface area contributed by atoms with Crippen molar-refractivity contribution in [2.24, 2.45) is 0 Å². The molecular formula is C21H37NO3SSi. The Balaban J connectivity index is 2.28. The molecule has 2 atom stereocenters. The first-order valence-corrected chi connectivity index (χ1v) is 14.5. The molecule has 0 N–H and O–H groups in total. The van der Waals surface area contributed by atoms with Crippen LogP contribution in [0, 0.1) is 6.92 Å². The van der Waals surface area contributed by atoms with Gasteiger partial charge in [0.25, 0.3) is 0 Å². The van der Waals surface area contributed by atoms with Crippen molar-refractivity contribution in [2.75, 3.05) is 6.54 Å². The molecule has 0 bridgehead atoms. The molecule has 4 nitrogen and oxygen atoms in total. The predicted octanol–water partition coefficient (Wildman–Crippen LogP) is 5.34. The van der Waals surface area contributed by atoms with Crippen LogP contribution in [0.5, 0.6) is 0 Å². The molecule has 6 heteroatoms. The number of aryl methyl sites for hydroxylation is 1. The summed E-state index contributed by atoms with van der Waals surface area (Å²) in [6.07, 6.45) is 3.69. The van der Waals surface area contributed by atoms with Crippen LogP contribution in [0.3, 0.4) is 0 Å². The molecule has 0 radical (unpaired) electrons. The summed E-state index contributed by atoms with van der Waals surface area (Å²) in [5.74, 6) is 0. The SMILES string of the molecule is CCC[C@H]1CC[C@H](O[Si](C)(C)C(C)(C)C)CN1S(=O)(=O)c1ccc(C)cc1. The number of hydrogen-bond acceptors (Lipinski definition) is 3. The highest BCUT2D eigenvalue weighted by Gasteiger charge is 2.43. The van der Waals surface area contributed by atoms with Gasteiger partial charge in [0.2, 0.25) is 10.0 Å². The molecule has 1 aromatic rings. The minimum absolute atomic E-state index is 0.0146. The molecule has 0 amide bonds. The molecule has 0 unspecified atom stereocenters. The maximum atomic E-state index is 13.4. The first-order valence-electron chi connectivity index (χ1n) is 10.1. The largest absolute Gasteiger partial charge is 0.413 e. The highest BCUT2D eigenvalue weighted by atomic mass is 32.2. The smallest absolute Gasteiger partial charge is 0.243 e. The van der Waals surface area contributed by atoms with Crippen LogP contribution in [-0.4, -0.2) is 39.7 Å². The zero-order chi connectivity index (χ0) is 20.5. The zero-order valence-electron chi connectivity index (χ0n) is 18.1. The van der Waals surface area contributed by atoms with Crippen LogP contribution in [0.25, 0.3) is 0 Å². The van der Waals surface area contributed by atoms with Gasteiger partial charge in [0.05, 0.1) is 11.0 Å². The molecule has 1 fully saturated rings. The fourth-order valence-corrected chi connectivity index (χ4v) is 6.51. The fraction of sp³-hybridized carbons (Fsp3) is 0.714. The van der Waals surface area contributed by atoms with Gasteiger partial charge < -0.3 is 4.43 Å². The van der Waals surface area contributed by atoms with E-state index in [0.717, 1.165) is 31.2 Å². The Labute approximate surface area is 167 Å². The highest BCUT2D eigenvalue weighted by molar-refractivity contribution is 7.89. The highest BCUT2D eigenvalue weighted by Crippen LogP contribution is 2.39. The Kier molecular flexibility index (Phi) is 6.99. The minimum atomic E-state index is -3.51. The van der Waals surface area contributed by atoms with Crippen molar-refractivity contribution in [3.63, 3.8) is 0 Å². The normalized spacial score (nSPS) is 22.8. The fourth-order valence-electron chi connectivity index (χ4n) is 3.41. The van der Waals surface area contributed by atoms with Crippen molar-refractivity contribution < 1.29 is 12.8 Å². The van der Waals surface area contributed by atoms with Gasteiger partial charge in [-0.05, 0) is 56.5 Å². The van der Waals surface area contributed by atoms with Gasteiger partial charge in [0, 0.05) is 12.6 Å². The lowest BCUT2D eigenvalue weighted by Gasteiger charge is -2.44. The molecular weight excluding hydrogens is 374 g/mol. The Morgan fingerprint density at radius 1 is 1.15 bits per heavy atom. The maximum absolute atomic E-state index is 13.4. The van der Waals surface area contributed by atoms with E-state index >= 15 is 0 Å². The van der Waals surface area contributed by atoms with Crippen molar-refractivity contribution in [3.05, 3.63) is 29.8 Å². The number of benzene rings is 1. The Morgan fingerprint density at radius 3 is 2.26 bits per heavy atom. The van der Waals surface area contributed by atoms with Gasteiger partial charge in [-0.1, -0.05) is 51.8 Å². The van der Waals surface area contributed by atoms with E-state index in [1.54, 1.807) is 16.4 Å². The molecule has 0 aromatic heterocycles. The third-order valence-corrected chi connectivity index (χ3v) is 12.6. The van der Waals surface area contributed by atoms with E-state index in [-0.39, 0.29) is 17.2 Å². The molecule has 1 aliphatic rings. The minimum Gasteiger partial charge on any atom is -0.413 e. The van der Waals surface area contributed by atoms with Crippen LogP contribution in [-0.2, 0) is 14.4 Å². The number of hydrogen-bond donors (Lipinski definition) is 0. The quantitative estimate of drug-likeness (QED) is 0.594. The lowest BCUT2D eigenvalue weighted by Crippen LogP contribution is -2.53. The van der Waals surface area contributed by atoms with Crippen LogP contribution in [0.1, 0.15) is 58.9 Å². The van der Waals surface area contributed by atoms with Crippen molar-refractivity contribution in [3.8, 4) is 0 Å². The molecule has 27 heavy (non-hydrogen) atoms. The molecule has 2 rings (SSSR count). The monoisotopic (exact) mass is 411 g/mol. The average molecular weight is 412 g/mol. The van der Waals surface area contributed by atoms with E-state index in [2.05, 4.69) is 40.8 Å². The molecule has 1 aliphatic heterocycles. The Morgan fingerprint density at radius 2 is 1.74 bits per heavy atom. The second-order valence-electron chi connectivity index (χ2n) is 9.41. The van der Waals surface area contributed by atoms with Gasteiger partial charge in [-0.25, -0.2) is 8.42 Å². The number of piperidine rings is 1. The van der Waals surface area contributed by atoms with Gasteiger partial charge in [0.15, 0.2) is 8.32 Å². The van der Waals surface area contributed by atoms with E-state index < -0.39 is 18.3 Å². The lowest BCUT2D eigenvalue weighted by molar-refractivity contribution is 0.0852. The second kappa shape index (κ2) is 8.35. The number of rotatable bonds is 6. The molecule has 0 spiro atoms. The first kappa shape index (κ1) is 22.6. The summed E-state index contributed by atoms with van der Waals surface area (Å²) >= 11 is 0. The summed E-state index contributed by atoms with van der Waals surface area (Å²) < 4.78 is 35.1. The summed E-state index contributed by atoms with van der Waals surface area (Å²) in [4.78, 5) is 0.391. The molecule has 1 heterocycles. The van der Waals surface area contributed by atoms with Crippen LogP contribution < -0.4 is 0 Å². The van der Waals surface area contributed by atoms with E-state index in [1.807, 2.05) is 19.1 Å². The van der Waals surface area contributed by atoms with Crippen molar-refractivity contribution in [2.45, 2.75) is 95.5 Å². The van der Waals surface area contributed by atoms with Gasteiger partial charge in [-0.15, -0.1) is 0 Å². The summed E-state index contributed by atoms with van der Waals surface area (Å²) in [6.45, 7) is 15.7. The van der Waals surface area contributed by atoms with Gasteiger partial charge in [-0.2, -0.15) is 4.31 Å². The second-order valence-corrected chi connectivity index (χ2v) is 16.1. The van der Waals surface area contributed by atoms with Crippen molar-refractivity contribution in [1.82, 2.24) is 4.31 Å². The van der Waals surface area contributed by atoms with Crippen molar-refractivity contribution >= 4 is 18.3 Å². The standard InChI is InChI=1S/C21H37NO3SSi/c1-8-9-18-12-13-19(25-27(6,7)21(3,4)5)16-22(18)26(23,24)20-14-10-17(2)11-15-20/h10-11,14-15,18-19H,8-9,12-13,16H2,1-7H3/t18-,19-/m0/s1. The van der Waals surface area contributed by atoms with E-state index in [0.29, 0.717) is 11.4 Å². The summed E-state index contributed by atoms with van der Waals surface area (Å²) in [7, 11) is -5.44. The van der Waals surface area contributed by atoms with Crippen LogP contribution in [0.15, 0.2) is 29.2 Å². The van der Waals surface area contributed by atoms with E-state index in [1.165, 1.54) is 0 Å². The third kappa shape index (κ3) is 5.22. The molecule has 0 aliphatic carbocycles. The zero-order valence-corrected chi connectivity index (χ0v) is 19.9. The lowest BCUT2D eigenvalue weighted by atomic mass is 9.99. The molecule has 0 saturated carbocycles. The topological polar surface area (TPSA) is 46.6 Å². The van der Waals surface area contributed by atoms with Crippen LogP contribution in [0.2, 0.25) is 18.1 Å². The first-order chi connectivity index (χ1) is 12.4. The Bertz CT molecular complexity index is 723. The van der Waals surface area contributed by atoms with Crippen molar-refractivity contribution in [1.29, 1.82) is 0 Å². The number of nitrogens with zero attached hydrogens (tertiary/aromatic N) is 1. The van der Waals surface area contributed by atoms with E-state index in [4.69, 9.17) is 4.43 Å². The van der Waals surface area contributed by atoms with Crippen LogP contribution in [0.4, 0.5) is 0 Å².